The highest BCUT2D eigenvalue weighted by Gasteiger charge is 2.26. The Labute approximate surface area is 171 Å². The van der Waals surface area contributed by atoms with Crippen molar-refractivity contribution in [1.82, 2.24) is 10.2 Å². The van der Waals surface area contributed by atoms with Crippen LogP contribution in [-0.4, -0.2) is 35.9 Å². The van der Waals surface area contributed by atoms with Gasteiger partial charge in [-0.05, 0) is 38.0 Å². The van der Waals surface area contributed by atoms with Crippen LogP contribution in [0.25, 0.3) is 0 Å². The first-order valence-electron chi connectivity index (χ1n) is 9.42. The summed E-state index contributed by atoms with van der Waals surface area (Å²) in [7, 11) is 0. The third-order valence-electron chi connectivity index (χ3n) is 4.34. The molecule has 0 saturated heterocycles. The van der Waals surface area contributed by atoms with Crippen molar-refractivity contribution in [3.63, 3.8) is 0 Å². The van der Waals surface area contributed by atoms with Gasteiger partial charge in [-0.25, -0.2) is 0 Å². The Hall–Kier alpha value is -2.53. The van der Waals surface area contributed by atoms with E-state index in [0.717, 1.165) is 17.5 Å². The van der Waals surface area contributed by atoms with E-state index in [0.29, 0.717) is 23.9 Å². The molecule has 0 fully saturated rings. The minimum atomic E-state index is -0.616. The van der Waals surface area contributed by atoms with E-state index in [1.807, 2.05) is 38.1 Å². The summed E-state index contributed by atoms with van der Waals surface area (Å²) in [6, 6.07) is 14.3. The Bertz CT molecular complexity index is 810. The van der Waals surface area contributed by atoms with Gasteiger partial charge >= 0.3 is 0 Å². The van der Waals surface area contributed by atoms with Gasteiger partial charge in [-0.2, -0.15) is 0 Å². The number of ether oxygens (including phenoxy) is 1. The Kier molecular flexibility index (Phi) is 8.33. The average Bonchev–Trinajstić information content (AvgIpc) is 2.69. The molecule has 0 unspecified atom stereocenters. The number of hydrogen-bond donors (Lipinski definition) is 1. The first-order chi connectivity index (χ1) is 13.4. The second-order valence-electron chi connectivity index (χ2n) is 6.70. The van der Waals surface area contributed by atoms with Crippen molar-refractivity contribution in [2.24, 2.45) is 0 Å². The number of nitrogens with zero attached hydrogens (tertiary/aromatic N) is 1. The third-order valence-corrected chi connectivity index (χ3v) is 4.65. The number of rotatable bonds is 9. The number of carbonyl (C=O) groups excluding carboxylic acids is 2. The van der Waals surface area contributed by atoms with E-state index in [4.69, 9.17) is 16.3 Å². The molecule has 2 amide bonds. The maximum absolute atomic E-state index is 12.9. The second-order valence-corrected chi connectivity index (χ2v) is 7.10. The minimum Gasteiger partial charge on any atom is -0.482 e. The molecule has 2 rings (SSSR count). The van der Waals surface area contributed by atoms with Gasteiger partial charge in [-0.15, -0.1) is 0 Å². The van der Waals surface area contributed by atoms with E-state index in [-0.39, 0.29) is 18.4 Å². The number of aryl methyl sites for hydroxylation is 1. The van der Waals surface area contributed by atoms with Gasteiger partial charge in [-0.1, -0.05) is 60.5 Å². The minimum absolute atomic E-state index is 0.180. The van der Waals surface area contributed by atoms with E-state index in [9.17, 15) is 9.59 Å². The van der Waals surface area contributed by atoms with Crippen LogP contribution in [0.4, 0.5) is 0 Å². The highest BCUT2D eigenvalue weighted by Crippen LogP contribution is 2.23. The quantitative estimate of drug-likeness (QED) is 0.690. The lowest BCUT2D eigenvalue weighted by Crippen LogP contribution is -2.49. The number of para-hydroxylation sites is 1. The van der Waals surface area contributed by atoms with E-state index in [1.54, 1.807) is 31.2 Å². The Morgan fingerprint density at radius 3 is 2.61 bits per heavy atom. The molecule has 150 valence electrons. The van der Waals surface area contributed by atoms with Crippen molar-refractivity contribution >= 4 is 23.4 Å². The van der Waals surface area contributed by atoms with Gasteiger partial charge in [0.1, 0.15) is 11.8 Å². The zero-order valence-electron chi connectivity index (χ0n) is 16.6. The van der Waals surface area contributed by atoms with Gasteiger partial charge < -0.3 is 15.0 Å². The SMILES string of the molecule is CCCNC(=O)[C@H](C)N(Cc1cccc(C)c1)C(=O)COc1ccccc1Cl. The number of carbonyl (C=O) groups is 2. The molecule has 6 heteroatoms. The summed E-state index contributed by atoms with van der Waals surface area (Å²) in [5, 5.41) is 3.29. The molecule has 0 aliphatic carbocycles. The summed E-state index contributed by atoms with van der Waals surface area (Å²) >= 11 is 6.09. The van der Waals surface area contributed by atoms with Gasteiger partial charge in [-0.3, -0.25) is 9.59 Å². The molecule has 0 radical (unpaired) electrons. The Morgan fingerprint density at radius 1 is 1.18 bits per heavy atom. The molecule has 2 aromatic rings. The van der Waals surface area contributed by atoms with Crippen molar-refractivity contribution in [2.45, 2.75) is 39.8 Å². The maximum atomic E-state index is 12.9. The fraction of sp³-hybridized carbons (Fsp3) is 0.364. The lowest BCUT2D eigenvalue weighted by atomic mass is 10.1. The highest BCUT2D eigenvalue weighted by atomic mass is 35.5. The van der Waals surface area contributed by atoms with Crippen LogP contribution in [-0.2, 0) is 16.1 Å². The van der Waals surface area contributed by atoms with Crippen molar-refractivity contribution in [2.75, 3.05) is 13.2 Å². The van der Waals surface area contributed by atoms with Crippen LogP contribution >= 0.6 is 11.6 Å². The number of halogens is 1. The first kappa shape index (κ1) is 21.8. The van der Waals surface area contributed by atoms with Crippen molar-refractivity contribution < 1.29 is 14.3 Å². The number of amides is 2. The zero-order chi connectivity index (χ0) is 20.5. The van der Waals surface area contributed by atoms with Crippen LogP contribution < -0.4 is 10.1 Å². The standard InChI is InChI=1S/C22H27ClN2O3/c1-4-12-24-22(27)17(3)25(14-18-9-7-8-16(2)13-18)21(26)15-28-20-11-6-5-10-19(20)23/h5-11,13,17H,4,12,14-15H2,1-3H3,(H,24,27)/t17-/m0/s1. The Balaban J connectivity index is 2.14. The monoisotopic (exact) mass is 402 g/mol. The molecule has 0 heterocycles. The largest absolute Gasteiger partial charge is 0.482 e. The van der Waals surface area contributed by atoms with Gasteiger partial charge in [0.2, 0.25) is 5.91 Å². The molecular formula is C22H27ClN2O3. The number of nitrogens with one attached hydrogen (secondary N) is 1. The zero-order valence-corrected chi connectivity index (χ0v) is 17.3. The van der Waals surface area contributed by atoms with Crippen LogP contribution in [0.1, 0.15) is 31.4 Å². The molecule has 0 bridgehead atoms. The van der Waals surface area contributed by atoms with Gasteiger partial charge in [0.15, 0.2) is 6.61 Å². The van der Waals surface area contributed by atoms with Crippen molar-refractivity contribution in [3.05, 3.63) is 64.7 Å². The van der Waals surface area contributed by atoms with Gasteiger partial charge in [0, 0.05) is 13.1 Å². The van der Waals surface area contributed by atoms with Crippen LogP contribution in [0, 0.1) is 6.92 Å². The smallest absolute Gasteiger partial charge is 0.261 e. The molecule has 1 N–H and O–H groups in total. The number of benzene rings is 2. The molecule has 2 aromatic carbocycles. The molecule has 0 aliphatic rings. The van der Waals surface area contributed by atoms with Crippen LogP contribution in [0.5, 0.6) is 5.75 Å². The fourth-order valence-corrected chi connectivity index (χ4v) is 2.96. The maximum Gasteiger partial charge on any atom is 0.261 e. The molecular weight excluding hydrogens is 376 g/mol. The lowest BCUT2D eigenvalue weighted by Gasteiger charge is -2.29. The predicted molar refractivity (Wildman–Crippen MR) is 111 cm³/mol. The summed E-state index contributed by atoms with van der Waals surface area (Å²) < 4.78 is 5.60. The van der Waals surface area contributed by atoms with Crippen LogP contribution in [0.3, 0.4) is 0 Å². The molecule has 0 aliphatic heterocycles. The summed E-state index contributed by atoms with van der Waals surface area (Å²) in [4.78, 5) is 26.9. The Morgan fingerprint density at radius 2 is 1.93 bits per heavy atom. The van der Waals surface area contributed by atoms with Gasteiger partial charge in [0.25, 0.3) is 5.91 Å². The van der Waals surface area contributed by atoms with Crippen LogP contribution in [0.2, 0.25) is 5.02 Å². The van der Waals surface area contributed by atoms with Crippen molar-refractivity contribution in [3.8, 4) is 5.75 Å². The first-order valence-corrected chi connectivity index (χ1v) is 9.80. The summed E-state index contributed by atoms with van der Waals surface area (Å²) in [6.45, 7) is 6.42. The molecule has 0 saturated carbocycles. The third kappa shape index (κ3) is 6.27. The molecule has 1 atom stereocenters. The average molecular weight is 403 g/mol. The molecule has 28 heavy (non-hydrogen) atoms. The van der Waals surface area contributed by atoms with Gasteiger partial charge in [0.05, 0.1) is 5.02 Å². The topological polar surface area (TPSA) is 58.6 Å². The molecule has 0 aromatic heterocycles. The normalized spacial score (nSPS) is 11.6. The van der Waals surface area contributed by atoms with E-state index < -0.39 is 6.04 Å². The van der Waals surface area contributed by atoms with Crippen molar-refractivity contribution in [1.29, 1.82) is 0 Å². The van der Waals surface area contributed by atoms with E-state index >= 15 is 0 Å². The molecule has 0 spiro atoms. The fourth-order valence-electron chi connectivity index (χ4n) is 2.77. The van der Waals surface area contributed by atoms with E-state index in [1.165, 1.54) is 4.90 Å². The second kappa shape index (κ2) is 10.7. The lowest BCUT2D eigenvalue weighted by molar-refractivity contribution is -0.142. The summed E-state index contributed by atoms with van der Waals surface area (Å²) in [5.74, 6) is -0.0164. The summed E-state index contributed by atoms with van der Waals surface area (Å²) in [6.07, 6.45) is 0.833. The predicted octanol–water partition coefficient (Wildman–Crippen LogP) is 3.97. The van der Waals surface area contributed by atoms with E-state index in [2.05, 4.69) is 5.32 Å². The highest BCUT2D eigenvalue weighted by molar-refractivity contribution is 6.32. The van der Waals surface area contributed by atoms with Crippen LogP contribution in [0.15, 0.2) is 48.5 Å². The number of hydrogen-bond acceptors (Lipinski definition) is 3. The summed E-state index contributed by atoms with van der Waals surface area (Å²) in [5.41, 5.74) is 2.06. The molecule has 5 nitrogen and oxygen atoms in total.